The quantitative estimate of drug-likeness (QED) is 0.646. The monoisotopic (exact) mass is 188 g/mol. The van der Waals surface area contributed by atoms with Gasteiger partial charge in [-0.2, -0.15) is 0 Å². The van der Waals surface area contributed by atoms with Crippen LogP contribution in [0, 0.1) is 0 Å². The van der Waals surface area contributed by atoms with Gasteiger partial charge in [0.25, 0.3) is 0 Å². The molecule has 0 aromatic rings. The minimum atomic E-state index is -3.34. The highest BCUT2D eigenvalue weighted by atomic mass is 32.2. The molecule has 12 heavy (non-hydrogen) atoms. The summed E-state index contributed by atoms with van der Waals surface area (Å²) in [5.74, 6) is -0.510. The fraction of sp³-hybridized carbons (Fsp3) is 0.833. The van der Waals surface area contributed by atoms with Gasteiger partial charge in [-0.05, 0) is 12.8 Å². The van der Waals surface area contributed by atoms with E-state index in [1.54, 1.807) is 6.92 Å². The predicted molar refractivity (Wildman–Crippen MR) is 46.7 cm³/mol. The summed E-state index contributed by atoms with van der Waals surface area (Å²) in [4.78, 5) is 10.8. The lowest BCUT2D eigenvalue weighted by Gasteiger charge is -2.03. The number of hydrogen-bond donors (Lipinski definition) is 1. The van der Waals surface area contributed by atoms with Crippen LogP contribution in [0.15, 0.2) is 0 Å². The van der Waals surface area contributed by atoms with Crippen molar-refractivity contribution in [3.05, 3.63) is 0 Å². The van der Waals surface area contributed by atoms with Crippen LogP contribution in [0.4, 0.5) is 4.79 Å². The first-order chi connectivity index (χ1) is 5.56. The lowest BCUT2D eigenvalue weighted by molar-refractivity contribution is 0.263. The van der Waals surface area contributed by atoms with Crippen LogP contribution in [0.1, 0.15) is 19.8 Å². The van der Waals surface area contributed by atoms with E-state index in [1.807, 2.05) is 4.72 Å². The Balaban J connectivity index is 2.44. The largest absolute Gasteiger partial charge is 0.287 e. The standard InChI is InChI=1S/C6H11BNO3S/c1-2-7-6(9)8-12(10,11)5-3-4-5/h5H,2-4H2,1H3,(H,8,9). The minimum absolute atomic E-state index is 0.327. The molecule has 1 radical (unpaired) electrons. The number of rotatable bonds is 4. The Labute approximate surface area is 73.0 Å². The van der Waals surface area contributed by atoms with Crippen LogP contribution in [0.5, 0.6) is 0 Å². The average Bonchev–Trinajstić information content (AvgIpc) is 2.65. The Hall–Kier alpha value is -0.515. The average molecular weight is 188 g/mol. The molecule has 1 aliphatic carbocycles. The molecule has 1 saturated carbocycles. The van der Waals surface area contributed by atoms with Crippen molar-refractivity contribution in [1.29, 1.82) is 0 Å². The molecule has 1 fully saturated rings. The van der Waals surface area contributed by atoms with E-state index in [-0.39, 0.29) is 5.25 Å². The summed E-state index contributed by atoms with van der Waals surface area (Å²) in [5.41, 5.74) is 0. The van der Waals surface area contributed by atoms with E-state index < -0.39 is 15.8 Å². The third kappa shape index (κ3) is 2.51. The second kappa shape index (κ2) is 3.47. The van der Waals surface area contributed by atoms with Gasteiger partial charge in [-0.1, -0.05) is 13.2 Å². The normalized spacial score (nSPS) is 17.1. The third-order valence-electron chi connectivity index (χ3n) is 1.60. The molecule has 0 heterocycles. The second-order valence-electron chi connectivity index (χ2n) is 2.82. The van der Waals surface area contributed by atoms with Crippen molar-refractivity contribution in [2.45, 2.75) is 31.3 Å². The summed E-state index contributed by atoms with van der Waals surface area (Å²) in [7, 11) is -2.02. The maximum Gasteiger partial charge on any atom is 0.237 e. The molecule has 0 saturated heterocycles. The molecule has 6 heteroatoms. The van der Waals surface area contributed by atoms with Crippen molar-refractivity contribution in [3.8, 4) is 0 Å². The molecule has 67 valence electrons. The molecular weight excluding hydrogens is 177 g/mol. The molecule has 0 spiro atoms. The molecule has 0 aliphatic heterocycles. The zero-order valence-corrected chi connectivity index (χ0v) is 7.73. The van der Waals surface area contributed by atoms with Crippen LogP contribution >= 0.6 is 0 Å². The smallest absolute Gasteiger partial charge is 0.237 e. The Bertz CT molecular complexity index is 271. The SMILES string of the molecule is CC[B]C(=O)NS(=O)(=O)C1CC1. The topological polar surface area (TPSA) is 63.2 Å². The van der Waals surface area contributed by atoms with Crippen molar-refractivity contribution >= 4 is 23.1 Å². The molecule has 0 aromatic heterocycles. The molecule has 4 nitrogen and oxygen atoms in total. The highest BCUT2D eigenvalue weighted by molar-refractivity contribution is 7.91. The Kier molecular flexibility index (Phi) is 2.77. The van der Waals surface area contributed by atoms with Crippen molar-refractivity contribution in [2.24, 2.45) is 0 Å². The lowest BCUT2D eigenvalue weighted by Crippen LogP contribution is -2.35. The summed E-state index contributed by atoms with van der Waals surface area (Å²) < 4.78 is 24.2. The van der Waals surface area contributed by atoms with Gasteiger partial charge in [0.1, 0.15) is 0 Å². The van der Waals surface area contributed by atoms with E-state index in [0.717, 1.165) is 0 Å². The molecular formula is C6H11BNO3S. The van der Waals surface area contributed by atoms with Crippen molar-refractivity contribution in [1.82, 2.24) is 4.72 Å². The third-order valence-corrected chi connectivity index (χ3v) is 3.43. The molecule has 0 aromatic carbocycles. The van der Waals surface area contributed by atoms with Crippen molar-refractivity contribution in [3.63, 3.8) is 0 Å². The number of carbonyl (C=O) groups is 1. The summed E-state index contributed by atoms with van der Waals surface area (Å²) in [6.07, 6.45) is 1.90. The van der Waals surface area contributed by atoms with Gasteiger partial charge in [-0.25, -0.2) is 8.42 Å². The molecule has 0 bridgehead atoms. The molecule has 1 N–H and O–H groups in total. The maximum absolute atomic E-state index is 11.1. The highest BCUT2D eigenvalue weighted by Crippen LogP contribution is 2.27. The number of carbonyl (C=O) groups excluding carboxylic acids is 1. The number of hydrogen-bond acceptors (Lipinski definition) is 3. The fourth-order valence-corrected chi connectivity index (χ4v) is 2.12. The van der Waals surface area contributed by atoms with E-state index in [2.05, 4.69) is 0 Å². The zero-order valence-electron chi connectivity index (χ0n) is 6.91. The van der Waals surface area contributed by atoms with Gasteiger partial charge in [-0.3, -0.25) is 9.52 Å². The molecule has 1 rings (SSSR count). The second-order valence-corrected chi connectivity index (χ2v) is 4.78. The van der Waals surface area contributed by atoms with E-state index in [9.17, 15) is 13.2 Å². The minimum Gasteiger partial charge on any atom is -0.287 e. The predicted octanol–water partition coefficient (Wildman–Crippen LogP) is 0.331. The summed E-state index contributed by atoms with van der Waals surface area (Å²) in [6, 6.07) is 0. The van der Waals surface area contributed by atoms with Gasteiger partial charge in [0.05, 0.1) is 5.25 Å². The van der Waals surface area contributed by atoms with Crippen LogP contribution < -0.4 is 4.72 Å². The van der Waals surface area contributed by atoms with Crippen molar-refractivity contribution < 1.29 is 13.2 Å². The summed E-state index contributed by atoms with van der Waals surface area (Å²) >= 11 is 0. The van der Waals surface area contributed by atoms with E-state index in [0.29, 0.717) is 19.2 Å². The number of sulfonamides is 1. The fourth-order valence-electron chi connectivity index (χ4n) is 0.829. The van der Waals surface area contributed by atoms with Crippen LogP contribution in [0.25, 0.3) is 0 Å². The van der Waals surface area contributed by atoms with E-state index in [4.69, 9.17) is 0 Å². The molecule has 1 amide bonds. The first-order valence-corrected chi connectivity index (χ1v) is 5.49. The Morgan fingerprint density at radius 1 is 1.58 bits per heavy atom. The Morgan fingerprint density at radius 3 is 2.58 bits per heavy atom. The Morgan fingerprint density at radius 2 is 2.17 bits per heavy atom. The van der Waals surface area contributed by atoms with Gasteiger partial charge in [0.2, 0.25) is 17.3 Å². The van der Waals surface area contributed by atoms with Crippen molar-refractivity contribution in [2.75, 3.05) is 0 Å². The van der Waals surface area contributed by atoms with Crippen LogP contribution in [-0.2, 0) is 10.0 Å². The van der Waals surface area contributed by atoms with Crippen LogP contribution in [0.2, 0.25) is 6.32 Å². The van der Waals surface area contributed by atoms with Crippen LogP contribution in [-0.4, -0.2) is 26.8 Å². The summed E-state index contributed by atoms with van der Waals surface area (Å²) in [6.45, 7) is 1.78. The number of nitrogens with one attached hydrogen (secondary N) is 1. The highest BCUT2D eigenvalue weighted by Gasteiger charge is 2.36. The first kappa shape index (κ1) is 9.57. The van der Waals surface area contributed by atoms with E-state index >= 15 is 0 Å². The molecule has 0 unspecified atom stereocenters. The van der Waals surface area contributed by atoms with E-state index in [1.165, 1.54) is 7.28 Å². The van der Waals surface area contributed by atoms with Gasteiger partial charge < -0.3 is 0 Å². The zero-order chi connectivity index (χ0) is 9.19. The summed E-state index contributed by atoms with van der Waals surface area (Å²) in [5, 5.41) is -0.327. The molecule has 0 atom stereocenters. The van der Waals surface area contributed by atoms with Gasteiger partial charge in [0, 0.05) is 0 Å². The lowest BCUT2D eigenvalue weighted by atomic mass is 9.75. The van der Waals surface area contributed by atoms with Crippen LogP contribution in [0.3, 0.4) is 0 Å². The first-order valence-electron chi connectivity index (χ1n) is 3.95. The van der Waals surface area contributed by atoms with Gasteiger partial charge in [-0.15, -0.1) is 0 Å². The van der Waals surface area contributed by atoms with Gasteiger partial charge >= 0.3 is 0 Å². The number of amides is 1. The maximum atomic E-state index is 11.1. The van der Waals surface area contributed by atoms with Gasteiger partial charge in [0.15, 0.2) is 5.81 Å². The molecule has 1 aliphatic rings.